The second-order valence-electron chi connectivity index (χ2n) is 4.25. The molecule has 88 valence electrons. The maximum atomic E-state index is 11.5. The minimum Gasteiger partial charge on any atom is -0.302 e. The number of hydrogen-bond acceptors (Lipinski definition) is 3. The molecule has 0 spiro atoms. The van der Waals surface area contributed by atoms with Crippen LogP contribution in [0.2, 0.25) is 0 Å². The number of rotatable bonds is 4. The number of anilines is 1. The van der Waals surface area contributed by atoms with Gasteiger partial charge in [0, 0.05) is 11.3 Å². The Kier molecular flexibility index (Phi) is 3.93. The van der Waals surface area contributed by atoms with Crippen LogP contribution in [-0.4, -0.2) is 10.9 Å². The third-order valence-corrected chi connectivity index (χ3v) is 3.92. The highest BCUT2D eigenvalue weighted by Gasteiger charge is 2.15. The highest BCUT2D eigenvalue weighted by molar-refractivity contribution is 7.15. The molecule has 16 heavy (non-hydrogen) atoms. The molecule has 3 nitrogen and oxygen atoms in total. The molecule has 1 amide bonds. The minimum atomic E-state index is 0.105. The molecule has 0 fully saturated rings. The van der Waals surface area contributed by atoms with Crippen molar-refractivity contribution in [1.82, 2.24) is 4.98 Å². The number of carbonyl (C=O) groups excluding carboxylic acids is 1. The lowest BCUT2D eigenvalue weighted by Crippen LogP contribution is -2.10. The number of aromatic nitrogens is 1. The van der Waals surface area contributed by atoms with Crippen LogP contribution in [-0.2, 0) is 17.6 Å². The lowest BCUT2D eigenvalue weighted by Gasteiger charge is -2.06. The smallest absolute Gasteiger partial charge is 0.226 e. The molecule has 0 saturated carbocycles. The van der Waals surface area contributed by atoms with E-state index in [1.165, 1.54) is 23.4 Å². The molecule has 1 aromatic heterocycles. The van der Waals surface area contributed by atoms with Gasteiger partial charge >= 0.3 is 0 Å². The van der Waals surface area contributed by atoms with Crippen molar-refractivity contribution in [2.75, 3.05) is 5.32 Å². The molecular weight excluding hydrogens is 220 g/mol. The maximum absolute atomic E-state index is 11.5. The van der Waals surface area contributed by atoms with Gasteiger partial charge in [-0.05, 0) is 32.1 Å². The van der Waals surface area contributed by atoms with Gasteiger partial charge in [0.2, 0.25) is 5.91 Å². The van der Waals surface area contributed by atoms with Crippen LogP contribution in [0, 0.1) is 0 Å². The second-order valence-corrected chi connectivity index (χ2v) is 5.33. The van der Waals surface area contributed by atoms with E-state index in [9.17, 15) is 4.79 Å². The van der Waals surface area contributed by atoms with Gasteiger partial charge < -0.3 is 5.32 Å². The van der Waals surface area contributed by atoms with E-state index >= 15 is 0 Å². The normalized spacial score (nSPS) is 14.6. The molecule has 1 aliphatic carbocycles. The molecule has 0 bridgehead atoms. The standard InChI is InChI=1S/C12H18N2OS/c1-2-3-8-11(15)14-12-13-9-6-4-5-7-10(9)16-12/h2-8H2,1H3,(H,13,14,15). The number of carbonyl (C=O) groups is 1. The van der Waals surface area contributed by atoms with Crippen LogP contribution in [0.15, 0.2) is 0 Å². The van der Waals surface area contributed by atoms with Crippen molar-refractivity contribution >= 4 is 22.4 Å². The summed E-state index contributed by atoms with van der Waals surface area (Å²) >= 11 is 1.65. The summed E-state index contributed by atoms with van der Waals surface area (Å²) in [6, 6.07) is 0. The lowest BCUT2D eigenvalue weighted by atomic mass is 10.0. The first-order chi connectivity index (χ1) is 7.79. The molecule has 0 unspecified atom stereocenters. The number of nitrogens with zero attached hydrogens (tertiary/aromatic N) is 1. The minimum absolute atomic E-state index is 0.105. The quantitative estimate of drug-likeness (QED) is 0.875. The maximum Gasteiger partial charge on any atom is 0.226 e. The van der Waals surface area contributed by atoms with E-state index in [4.69, 9.17) is 0 Å². The number of thiazole rings is 1. The largest absolute Gasteiger partial charge is 0.302 e. The summed E-state index contributed by atoms with van der Waals surface area (Å²) in [6.45, 7) is 2.09. The zero-order valence-corrected chi connectivity index (χ0v) is 10.5. The molecule has 2 rings (SSSR count). The monoisotopic (exact) mass is 238 g/mol. The molecule has 1 N–H and O–H groups in total. The van der Waals surface area contributed by atoms with Crippen LogP contribution < -0.4 is 5.32 Å². The highest BCUT2D eigenvalue weighted by Crippen LogP contribution is 2.29. The molecule has 1 aliphatic rings. The first-order valence-electron chi connectivity index (χ1n) is 6.08. The summed E-state index contributed by atoms with van der Waals surface area (Å²) in [5.74, 6) is 0.105. The van der Waals surface area contributed by atoms with Crippen molar-refractivity contribution in [3.63, 3.8) is 0 Å². The zero-order chi connectivity index (χ0) is 11.4. The molecule has 0 atom stereocenters. The Hall–Kier alpha value is -0.900. The van der Waals surface area contributed by atoms with Crippen molar-refractivity contribution in [3.05, 3.63) is 10.6 Å². The Morgan fingerprint density at radius 2 is 2.25 bits per heavy atom. The SMILES string of the molecule is CCCCC(=O)Nc1nc2c(s1)CCCC2. The highest BCUT2D eigenvalue weighted by atomic mass is 32.1. The van der Waals surface area contributed by atoms with E-state index in [2.05, 4.69) is 17.2 Å². The fourth-order valence-electron chi connectivity index (χ4n) is 1.92. The van der Waals surface area contributed by atoms with E-state index in [0.29, 0.717) is 6.42 Å². The average Bonchev–Trinajstić information content (AvgIpc) is 2.68. The van der Waals surface area contributed by atoms with Gasteiger partial charge in [0.05, 0.1) is 5.69 Å². The number of hydrogen-bond donors (Lipinski definition) is 1. The average molecular weight is 238 g/mol. The Labute approximate surface area is 100 Å². The summed E-state index contributed by atoms with van der Waals surface area (Å²) in [4.78, 5) is 17.4. The van der Waals surface area contributed by atoms with Crippen LogP contribution in [0.25, 0.3) is 0 Å². The van der Waals surface area contributed by atoms with Crippen LogP contribution in [0.4, 0.5) is 5.13 Å². The Bertz CT molecular complexity index is 350. The Morgan fingerprint density at radius 1 is 1.44 bits per heavy atom. The molecular formula is C12H18N2OS. The van der Waals surface area contributed by atoms with Gasteiger partial charge in [-0.2, -0.15) is 0 Å². The van der Waals surface area contributed by atoms with Gasteiger partial charge in [-0.25, -0.2) is 4.98 Å². The van der Waals surface area contributed by atoms with E-state index in [-0.39, 0.29) is 5.91 Å². The molecule has 4 heteroatoms. The van der Waals surface area contributed by atoms with E-state index in [0.717, 1.165) is 30.8 Å². The molecule has 1 aromatic rings. The Morgan fingerprint density at radius 3 is 3.00 bits per heavy atom. The van der Waals surface area contributed by atoms with Crippen molar-refractivity contribution in [2.45, 2.75) is 51.9 Å². The predicted octanol–water partition coefficient (Wildman–Crippen LogP) is 3.15. The number of aryl methyl sites for hydroxylation is 2. The third kappa shape index (κ3) is 2.82. The van der Waals surface area contributed by atoms with Crippen LogP contribution in [0.1, 0.15) is 49.6 Å². The van der Waals surface area contributed by atoms with Crippen molar-refractivity contribution in [2.24, 2.45) is 0 Å². The van der Waals surface area contributed by atoms with E-state index in [1.807, 2.05) is 0 Å². The Balaban J connectivity index is 1.94. The number of fused-ring (bicyclic) bond motifs is 1. The molecule has 0 aromatic carbocycles. The first-order valence-corrected chi connectivity index (χ1v) is 6.89. The van der Waals surface area contributed by atoms with Crippen LogP contribution >= 0.6 is 11.3 Å². The predicted molar refractivity (Wildman–Crippen MR) is 66.9 cm³/mol. The zero-order valence-electron chi connectivity index (χ0n) is 9.71. The summed E-state index contributed by atoms with van der Waals surface area (Å²) < 4.78 is 0. The molecule has 0 aliphatic heterocycles. The van der Waals surface area contributed by atoms with Gasteiger partial charge in [-0.3, -0.25) is 4.79 Å². The lowest BCUT2D eigenvalue weighted by molar-refractivity contribution is -0.116. The molecule has 1 heterocycles. The fourth-order valence-corrected chi connectivity index (χ4v) is 2.99. The van der Waals surface area contributed by atoms with Crippen LogP contribution in [0.3, 0.4) is 0 Å². The van der Waals surface area contributed by atoms with Gasteiger partial charge in [0.1, 0.15) is 0 Å². The van der Waals surface area contributed by atoms with Gasteiger partial charge in [0.25, 0.3) is 0 Å². The summed E-state index contributed by atoms with van der Waals surface area (Å²) in [6.07, 6.45) is 7.34. The van der Waals surface area contributed by atoms with Gasteiger partial charge in [0.15, 0.2) is 5.13 Å². The third-order valence-electron chi connectivity index (χ3n) is 2.85. The van der Waals surface area contributed by atoms with Crippen molar-refractivity contribution < 1.29 is 4.79 Å². The van der Waals surface area contributed by atoms with Crippen molar-refractivity contribution in [3.8, 4) is 0 Å². The molecule has 0 saturated heterocycles. The summed E-state index contributed by atoms with van der Waals surface area (Å²) in [7, 11) is 0. The van der Waals surface area contributed by atoms with Gasteiger partial charge in [-0.1, -0.05) is 13.3 Å². The summed E-state index contributed by atoms with van der Waals surface area (Å²) in [5.41, 5.74) is 1.21. The van der Waals surface area contributed by atoms with Crippen molar-refractivity contribution in [1.29, 1.82) is 0 Å². The number of nitrogens with one attached hydrogen (secondary N) is 1. The van der Waals surface area contributed by atoms with E-state index in [1.54, 1.807) is 11.3 Å². The number of unbranched alkanes of at least 4 members (excludes halogenated alkanes) is 1. The molecule has 0 radical (unpaired) electrons. The van der Waals surface area contributed by atoms with Crippen LogP contribution in [0.5, 0.6) is 0 Å². The number of amides is 1. The second kappa shape index (κ2) is 5.43. The van der Waals surface area contributed by atoms with Gasteiger partial charge in [-0.15, -0.1) is 11.3 Å². The summed E-state index contributed by atoms with van der Waals surface area (Å²) in [5, 5.41) is 3.70. The fraction of sp³-hybridized carbons (Fsp3) is 0.667. The van der Waals surface area contributed by atoms with E-state index < -0.39 is 0 Å². The first kappa shape index (κ1) is 11.6. The topological polar surface area (TPSA) is 42.0 Å².